The molecular formula is C30H45ClO5Si. The number of esters is 1. The summed E-state index contributed by atoms with van der Waals surface area (Å²) in [5.74, 6) is 1.03. The van der Waals surface area contributed by atoms with Gasteiger partial charge in [-0.1, -0.05) is 95.9 Å². The van der Waals surface area contributed by atoms with E-state index in [0.29, 0.717) is 11.8 Å². The number of halogens is 1. The lowest BCUT2D eigenvalue weighted by Crippen LogP contribution is -2.29. The summed E-state index contributed by atoms with van der Waals surface area (Å²) in [7, 11) is -2.84. The fourth-order valence-electron chi connectivity index (χ4n) is 4.06. The molecule has 2 N–H and O–H groups in total. The van der Waals surface area contributed by atoms with E-state index in [1.54, 1.807) is 18.7 Å². The zero-order valence-electron chi connectivity index (χ0n) is 22.8. The SMILES string of the molecule is CCC(C)C(Cl)C(=O)Oc1ccc(-c2ccc(OCCCCCCCCCCC[Si](C)(O)O)cc2)cc1. The van der Waals surface area contributed by atoms with Crippen molar-refractivity contribution in [2.24, 2.45) is 5.92 Å². The zero-order chi connectivity index (χ0) is 27.1. The highest BCUT2D eigenvalue weighted by Gasteiger charge is 2.23. The third-order valence-corrected chi connectivity index (χ3v) is 8.60. The van der Waals surface area contributed by atoms with Gasteiger partial charge in [0.1, 0.15) is 16.9 Å². The maximum absolute atomic E-state index is 12.2. The van der Waals surface area contributed by atoms with E-state index in [4.69, 9.17) is 21.1 Å². The van der Waals surface area contributed by atoms with Crippen LogP contribution in [-0.2, 0) is 4.79 Å². The Morgan fingerprint density at radius 1 is 0.811 bits per heavy atom. The van der Waals surface area contributed by atoms with Gasteiger partial charge in [-0.05, 0) is 60.3 Å². The van der Waals surface area contributed by atoms with Gasteiger partial charge in [-0.25, -0.2) is 0 Å². The number of rotatable bonds is 18. The van der Waals surface area contributed by atoms with Crippen molar-refractivity contribution in [2.75, 3.05) is 6.61 Å². The van der Waals surface area contributed by atoms with Gasteiger partial charge in [-0.2, -0.15) is 0 Å². The molecule has 2 aromatic carbocycles. The molecule has 7 heteroatoms. The molecule has 0 saturated carbocycles. The van der Waals surface area contributed by atoms with Crippen molar-refractivity contribution in [3.05, 3.63) is 48.5 Å². The Morgan fingerprint density at radius 2 is 1.27 bits per heavy atom. The first kappa shape index (κ1) is 31.4. The van der Waals surface area contributed by atoms with E-state index in [1.807, 2.05) is 50.2 Å². The summed E-state index contributed by atoms with van der Waals surface area (Å²) in [4.78, 5) is 31.0. The van der Waals surface area contributed by atoms with E-state index >= 15 is 0 Å². The molecule has 0 radical (unpaired) electrons. The normalized spacial score (nSPS) is 13.2. The van der Waals surface area contributed by atoms with Crippen LogP contribution in [0, 0.1) is 5.92 Å². The van der Waals surface area contributed by atoms with Gasteiger partial charge in [-0.3, -0.25) is 4.79 Å². The molecule has 0 saturated heterocycles. The molecule has 0 aliphatic carbocycles. The second kappa shape index (κ2) is 16.9. The highest BCUT2D eigenvalue weighted by molar-refractivity contribution is 6.63. The summed E-state index contributed by atoms with van der Waals surface area (Å²) >= 11 is 6.18. The maximum atomic E-state index is 12.2. The van der Waals surface area contributed by atoms with Crippen molar-refractivity contribution in [2.45, 2.75) is 96.0 Å². The van der Waals surface area contributed by atoms with E-state index < -0.39 is 19.9 Å². The molecule has 206 valence electrons. The molecular weight excluding hydrogens is 504 g/mol. The van der Waals surface area contributed by atoms with Crippen LogP contribution in [0.15, 0.2) is 48.5 Å². The Hall–Kier alpha value is -1.86. The second-order valence-electron chi connectivity index (χ2n) is 10.3. The van der Waals surface area contributed by atoms with Crippen LogP contribution in [0.1, 0.15) is 78.1 Å². The second-order valence-corrected chi connectivity index (χ2v) is 13.7. The summed E-state index contributed by atoms with van der Waals surface area (Å²) in [5, 5.41) is -0.641. The molecule has 0 fully saturated rings. The Labute approximate surface area is 229 Å². The van der Waals surface area contributed by atoms with Gasteiger partial charge >= 0.3 is 14.5 Å². The van der Waals surface area contributed by atoms with Crippen molar-refractivity contribution in [3.63, 3.8) is 0 Å². The first-order valence-corrected chi connectivity index (χ1v) is 16.9. The maximum Gasteiger partial charge on any atom is 0.329 e. The van der Waals surface area contributed by atoms with Crippen molar-refractivity contribution < 1.29 is 23.9 Å². The van der Waals surface area contributed by atoms with Crippen LogP contribution in [0.5, 0.6) is 11.5 Å². The van der Waals surface area contributed by atoms with Gasteiger partial charge in [-0.15, -0.1) is 11.6 Å². The summed E-state index contributed by atoms with van der Waals surface area (Å²) in [6.07, 6.45) is 11.3. The lowest BCUT2D eigenvalue weighted by Gasteiger charge is -2.15. The standard InChI is InChI=1S/C30H45ClO5Si/c1-4-24(2)29(31)30(32)36-28-20-16-26(17-21-28)25-14-18-27(19-15-25)35-22-12-10-8-6-5-7-9-11-13-23-37(3,33)34/h14-21,24,29,33-34H,4-13,22-23H2,1-3H3. The number of carbonyl (C=O) groups is 1. The molecule has 0 heterocycles. The molecule has 2 atom stereocenters. The molecule has 37 heavy (non-hydrogen) atoms. The minimum atomic E-state index is -2.84. The molecule has 2 rings (SSSR count). The average molecular weight is 549 g/mol. The number of alkyl halides is 1. The third kappa shape index (κ3) is 13.0. The van der Waals surface area contributed by atoms with Crippen molar-refractivity contribution in [3.8, 4) is 22.6 Å². The predicted molar refractivity (Wildman–Crippen MR) is 155 cm³/mol. The van der Waals surface area contributed by atoms with Gasteiger partial charge < -0.3 is 19.1 Å². The fourth-order valence-corrected chi connectivity index (χ4v) is 5.20. The van der Waals surface area contributed by atoms with E-state index in [0.717, 1.165) is 49.2 Å². The van der Waals surface area contributed by atoms with E-state index in [-0.39, 0.29) is 5.92 Å². The Bertz CT molecular complexity index is 896. The monoisotopic (exact) mass is 548 g/mol. The first-order valence-electron chi connectivity index (χ1n) is 13.8. The summed E-state index contributed by atoms with van der Waals surface area (Å²) < 4.78 is 11.3. The average Bonchev–Trinajstić information content (AvgIpc) is 2.88. The minimum Gasteiger partial charge on any atom is -0.494 e. The van der Waals surface area contributed by atoms with E-state index in [2.05, 4.69) is 0 Å². The number of benzene rings is 2. The molecule has 0 bridgehead atoms. The lowest BCUT2D eigenvalue weighted by molar-refractivity contribution is -0.134. The Morgan fingerprint density at radius 3 is 1.76 bits per heavy atom. The quantitative estimate of drug-likeness (QED) is 0.0651. The Balaban J connectivity index is 1.60. The van der Waals surface area contributed by atoms with Gasteiger partial charge in [0.05, 0.1) is 6.61 Å². The Kier molecular flexibility index (Phi) is 14.3. The summed E-state index contributed by atoms with van der Waals surface area (Å²) in [6, 6.07) is 16.1. The summed E-state index contributed by atoms with van der Waals surface area (Å²) in [5.41, 5.74) is 2.11. The van der Waals surface area contributed by atoms with E-state index in [9.17, 15) is 14.4 Å². The van der Waals surface area contributed by atoms with Gasteiger partial charge in [0, 0.05) is 0 Å². The lowest BCUT2D eigenvalue weighted by atomic mass is 10.0. The molecule has 0 amide bonds. The third-order valence-electron chi connectivity index (χ3n) is 6.69. The topological polar surface area (TPSA) is 76.0 Å². The van der Waals surface area contributed by atoms with Crippen molar-refractivity contribution >= 4 is 26.1 Å². The smallest absolute Gasteiger partial charge is 0.329 e. The molecule has 0 spiro atoms. The number of hydrogen-bond donors (Lipinski definition) is 2. The summed E-state index contributed by atoms with van der Waals surface area (Å²) in [6.45, 7) is 6.25. The van der Waals surface area contributed by atoms with E-state index in [1.165, 1.54) is 38.5 Å². The van der Waals surface area contributed by atoms with Crippen LogP contribution in [0.3, 0.4) is 0 Å². The molecule has 5 nitrogen and oxygen atoms in total. The van der Waals surface area contributed by atoms with Crippen LogP contribution < -0.4 is 9.47 Å². The number of ether oxygens (including phenoxy) is 2. The number of hydrogen-bond acceptors (Lipinski definition) is 5. The molecule has 0 aliphatic heterocycles. The molecule has 0 aromatic heterocycles. The number of unbranched alkanes of at least 4 members (excludes halogenated alkanes) is 8. The van der Waals surface area contributed by atoms with Crippen LogP contribution in [-0.4, -0.2) is 36.1 Å². The van der Waals surface area contributed by atoms with Gasteiger partial charge in [0.2, 0.25) is 0 Å². The molecule has 2 unspecified atom stereocenters. The minimum absolute atomic E-state index is 0.0700. The first-order chi connectivity index (χ1) is 17.7. The molecule has 0 aliphatic rings. The van der Waals surface area contributed by atoms with Crippen LogP contribution in [0.25, 0.3) is 11.1 Å². The fraction of sp³-hybridized carbons (Fsp3) is 0.567. The van der Waals surface area contributed by atoms with Gasteiger partial charge in [0.25, 0.3) is 0 Å². The van der Waals surface area contributed by atoms with Crippen LogP contribution in [0.4, 0.5) is 0 Å². The predicted octanol–water partition coefficient (Wildman–Crippen LogP) is 7.86. The van der Waals surface area contributed by atoms with Crippen molar-refractivity contribution in [1.29, 1.82) is 0 Å². The highest BCUT2D eigenvalue weighted by Crippen LogP contribution is 2.26. The van der Waals surface area contributed by atoms with Gasteiger partial charge in [0.15, 0.2) is 0 Å². The van der Waals surface area contributed by atoms with Crippen LogP contribution in [0.2, 0.25) is 12.6 Å². The highest BCUT2D eigenvalue weighted by atomic mass is 35.5. The zero-order valence-corrected chi connectivity index (χ0v) is 24.5. The largest absolute Gasteiger partial charge is 0.494 e. The molecule has 2 aromatic rings. The van der Waals surface area contributed by atoms with Crippen molar-refractivity contribution in [1.82, 2.24) is 0 Å². The number of carbonyl (C=O) groups excluding carboxylic acids is 1. The van der Waals surface area contributed by atoms with Crippen LogP contribution >= 0.6 is 11.6 Å².